The predicted octanol–water partition coefficient (Wildman–Crippen LogP) is 2.77. The Morgan fingerprint density at radius 1 is 1.30 bits per heavy atom. The summed E-state index contributed by atoms with van der Waals surface area (Å²) >= 11 is 0. The Kier molecular flexibility index (Phi) is 4.34. The molecule has 0 unspecified atom stereocenters. The molecule has 0 saturated carbocycles. The van der Waals surface area contributed by atoms with E-state index in [2.05, 4.69) is 29.0 Å². The van der Waals surface area contributed by atoms with Gasteiger partial charge < -0.3 is 15.0 Å². The largest absolute Gasteiger partial charge is 0.384 e. The van der Waals surface area contributed by atoms with E-state index in [1.165, 1.54) is 0 Å². The second-order valence-corrected chi connectivity index (χ2v) is 4.53. The zero-order valence-electron chi connectivity index (χ0n) is 12.1. The molecular formula is C14H20N4O2. The number of pyridine rings is 1. The van der Waals surface area contributed by atoms with Gasteiger partial charge in [-0.3, -0.25) is 0 Å². The average Bonchev–Trinajstić information content (AvgIpc) is 2.95. The van der Waals surface area contributed by atoms with Crippen molar-refractivity contribution in [2.75, 3.05) is 12.3 Å². The highest BCUT2D eigenvalue weighted by Gasteiger charge is 2.34. The smallest absolute Gasteiger partial charge is 0.258 e. The van der Waals surface area contributed by atoms with E-state index in [1.807, 2.05) is 6.92 Å². The summed E-state index contributed by atoms with van der Waals surface area (Å²) in [6.07, 6.45) is 3.19. The van der Waals surface area contributed by atoms with Gasteiger partial charge in [-0.05, 0) is 31.9 Å². The Labute approximate surface area is 118 Å². The number of ether oxygens (including phenoxy) is 1. The quantitative estimate of drug-likeness (QED) is 0.872. The molecule has 2 N–H and O–H groups in total. The van der Waals surface area contributed by atoms with Crippen molar-refractivity contribution in [2.45, 2.75) is 39.2 Å². The van der Waals surface area contributed by atoms with Gasteiger partial charge in [0.2, 0.25) is 5.82 Å². The van der Waals surface area contributed by atoms with E-state index in [9.17, 15) is 0 Å². The van der Waals surface area contributed by atoms with Crippen molar-refractivity contribution in [1.29, 1.82) is 0 Å². The van der Waals surface area contributed by atoms with E-state index >= 15 is 0 Å². The molecule has 6 nitrogen and oxygen atoms in total. The van der Waals surface area contributed by atoms with Crippen LogP contribution in [0.15, 0.2) is 22.9 Å². The normalized spacial score (nSPS) is 11.8. The molecular weight excluding hydrogens is 256 g/mol. The van der Waals surface area contributed by atoms with Gasteiger partial charge in [0.25, 0.3) is 5.89 Å². The van der Waals surface area contributed by atoms with Crippen LogP contribution < -0.4 is 5.73 Å². The summed E-state index contributed by atoms with van der Waals surface area (Å²) in [6, 6.07) is 3.49. The van der Waals surface area contributed by atoms with E-state index in [0.717, 1.165) is 18.4 Å². The van der Waals surface area contributed by atoms with Gasteiger partial charge in [0.1, 0.15) is 11.4 Å². The van der Waals surface area contributed by atoms with Gasteiger partial charge in [0, 0.05) is 18.4 Å². The first kappa shape index (κ1) is 14.5. The molecule has 0 aliphatic rings. The first-order valence-electron chi connectivity index (χ1n) is 6.85. The Hall–Kier alpha value is -1.95. The monoisotopic (exact) mass is 276 g/mol. The molecule has 20 heavy (non-hydrogen) atoms. The first-order valence-corrected chi connectivity index (χ1v) is 6.85. The first-order chi connectivity index (χ1) is 9.65. The summed E-state index contributed by atoms with van der Waals surface area (Å²) in [7, 11) is 0. The maximum Gasteiger partial charge on any atom is 0.258 e. The van der Waals surface area contributed by atoms with Crippen molar-refractivity contribution in [3.63, 3.8) is 0 Å². The van der Waals surface area contributed by atoms with Crippen LogP contribution in [0.1, 0.15) is 39.4 Å². The fourth-order valence-electron chi connectivity index (χ4n) is 2.22. The number of hydrogen-bond acceptors (Lipinski definition) is 6. The van der Waals surface area contributed by atoms with Gasteiger partial charge in [0.05, 0.1) is 0 Å². The zero-order chi connectivity index (χ0) is 14.6. The molecule has 0 aliphatic heterocycles. The fraction of sp³-hybridized carbons (Fsp3) is 0.500. The molecule has 0 aliphatic carbocycles. The molecule has 0 radical (unpaired) electrons. The molecule has 2 aromatic heterocycles. The van der Waals surface area contributed by atoms with E-state index in [-0.39, 0.29) is 0 Å². The SMILES string of the molecule is CCOC(CC)(CC)c1noc(-c2ccnc(N)c2)n1. The summed E-state index contributed by atoms with van der Waals surface area (Å²) < 4.78 is 11.2. The number of nitrogens with zero attached hydrogens (tertiary/aromatic N) is 3. The molecule has 2 heterocycles. The number of rotatable bonds is 6. The van der Waals surface area contributed by atoms with E-state index in [4.69, 9.17) is 15.0 Å². The maximum absolute atomic E-state index is 5.86. The van der Waals surface area contributed by atoms with Crippen molar-refractivity contribution in [3.05, 3.63) is 24.2 Å². The van der Waals surface area contributed by atoms with Crippen LogP contribution in [-0.4, -0.2) is 21.7 Å². The highest BCUT2D eigenvalue weighted by Crippen LogP contribution is 2.32. The molecule has 0 atom stereocenters. The molecule has 2 aromatic rings. The molecule has 6 heteroatoms. The summed E-state index contributed by atoms with van der Waals surface area (Å²) in [5.41, 5.74) is 5.93. The van der Waals surface area contributed by atoms with Gasteiger partial charge in [-0.1, -0.05) is 19.0 Å². The lowest BCUT2D eigenvalue weighted by atomic mass is 9.96. The third kappa shape index (κ3) is 2.65. The molecule has 2 rings (SSSR count). The number of aromatic nitrogens is 3. The van der Waals surface area contributed by atoms with Crippen molar-refractivity contribution in [2.24, 2.45) is 0 Å². The minimum Gasteiger partial charge on any atom is -0.384 e. The predicted molar refractivity (Wildman–Crippen MR) is 75.8 cm³/mol. The number of hydrogen-bond donors (Lipinski definition) is 1. The van der Waals surface area contributed by atoms with Gasteiger partial charge in [-0.2, -0.15) is 4.98 Å². The van der Waals surface area contributed by atoms with E-state index in [0.29, 0.717) is 24.1 Å². The Morgan fingerprint density at radius 2 is 2.05 bits per heavy atom. The van der Waals surface area contributed by atoms with Crippen LogP contribution in [0, 0.1) is 0 Å². The molecule has 0 spiro atoms. The summed E-state index contributed by atoms with van der Waals surface area (Å²) in [5.74, 6) is 1.43. The van der Waals surface area contributed by atoms with Crippen molar-refractivity contribution >= 4 is 5.82 Å². The van der Waals surface area contributed by atoms with E-state index < -0.39 is 5.60 Å². The Balaban J connectivity index is 2.36. The molecule has 0 fully saturated rings. The van der Waals surface area contributed by atoms with Gasteiger partial charge in [-0.15, -0.1) is 0 Å². The molecule has 0 saturated heterocycles. The second-order valence-electron chi connectivity index (χ2n) is 4.53. The van der Waals surface area contributed by atoms with Crippen molar-refractivity contribution in [1.82, 2.24) is 15.1 Å². The molecule has 0 aromatic carbocycles. The standard InChI is InChI=1S/C14H20N4O2/c1-4-14(5-2,19-6-3)13-17-12(20-18-13)10-7-8-16-11(15)9-10/h7-9H,4-6H2,1-3H3,(H2,15,16). The van der Waals surface area contributed by atoms with Gasteiger partial charge in [0.15, 0.2) is 0 Å². The van der Waals surface area contributed by atoms with Crippen LogP contribution in [0.5, 0.6) is 0 Å². The topological polar surface area (TPSA) is 87.1 Å². The third-order valence-corrected chi connectivity index (χ3v) is 3.42. The summed E-state index contributed by atoms with van der Waals surface area (Å²) in [4.78, 5) is 8.41. The van der Waals surface area contributed by atoms with Crippen molar-refractivity contribution in [3.8, 4) is 11.5 Å². The molecule has 0 bridgehead atoms. The second kappa shape index (κ2) is 6.00. The van der Waals surface area contributed by atoms with Gasteiger partial charge >= 0.3 is 0 Å². The van der Waals surface area contributed by atoms with Gasteiger partial charge in [-0.25, -0.2) is 4.98 Å². The fourth-order valence-corrected chi connectivity index (χ4v) is 2.22. The Morgan fingerprint density at radius 3 is 2.65 bits per heavy atom. The van der Waals surface area contributed by atoms with Crippen LogP contribution in [0.2, 0.25) is 0 Å². The lowest BCUT2D eigenvalue weighted by Gasteiger charge is -2.27. The highest BCUT2D eigenvalue weighted by atomic mass is 16.5. The third-order valence-electron chi connectivity index (χ3n) is 3.42. The van der Waals surface area contributed by atoms with E-state index in [1.54, 1.807) is 18.3 Å². The van der Waals surface area contributed by atoms with Crippen LogP contribution in [0.25, 0.3) is 11.5 Å². The van der Waals surface area contributed by atoms with Crippen LogP contribution >= 0.6 is 0 Å². The van der Waals surface area contributed by atoms with Crippen LogP contribution in [0.3, 0.4) is 0 Å². The Bertz CT molecular complexity index is 564. The number of anilines is 1. The zero-order valence-corrected chi connectivity index (χ0v) is 12.1. The number of nitrogens with two attached hydrogens (primary N) is 1. The number of nitrogen functional groups attached to an aromatic ring is 1. The minimum absolute atomic E-state index is 0.421. The summed E-state index contributed by atoms with van der Waals surface area (Å²) in [5, 5.41) is 4.08. The minimum atomic E-state index is -0.491. The lowest BCUT2D eigenvalue weighted by Crippen LogP contribution is -2.29. The lowest BCUT2D eigenvalue weighted by molar-refractivity contribution is -0.0583. The van der Waals surface area contributed by atoms with Crippen LogP contribution in [0.4, 0.5) is 5.82 Å². The average molecular weight is 276 g/mol. The van der Waals surface area contributed by atoms with Crippen LogP contribution in [-0.2, 0) is 10.3 Å². The maximum atomic E-state index is 5.86. The molecule has 0 amide bonds. The summed E-state index contributed by atoms with van der Waals surface area (Å²) in [6.45, 7) is 6.68. The molecule has 108 valence electrons. The highest BCUT2D eigenvalue weighted by molar-refractivity contribution is 5.56. The van der Waals surface area contributed by atoms with Crippen molar-refractivity contribution < 1.29 is 9.26 Å².